The quantitative estimate of drug-likeness (QED) is 0.854. The molecule has 1 saturated carbocycles. The average molecular weight is 244 g/mol. The van der Waals surface area contributed by atoms with Gasteiger partial charge in [0.25, 0.3) is 0 Å². The molecule has 2 rings (SSSR count). The second kappa shape index (κ2) is 4.56. The van der Waals surface area contributed by atoms with Gasteiger partial charge in [-0.1, -0.05) is 0 Å². The van der Waals surface area contributed by atoms with Gasteiger partial charge in [-0.25, -0.2) is 0 Å². The molecule has 1 aromatic carbocycles. The minimum Gasteiger partial charge on any atom is -0.381 e. The topological polar surface area (TPSA) is 38.0 Å². The normalized spacial score (nSPS) is 17.9. The van der Waals surface area contributed by atoms with E-state index in [1.54, 1.807) is 0 Å². The van der Waals surface area contributed by atoms with Crippen LogP contribution in [-0.2, 0) is 6.18 Å². The molecule has 0 spiro atoms. The Morgan fingerprint density at radius 1 is 1.24 bits per heavy atom. The van der Waals surface area contributed by atoms with Gasteiger partial charge in [0.05, 0.1) is 5.56 Å². The summed E-state index contributed by atoms with van der Waals surface area (Å²) in [6.07, 6.45) is -1.98. The van der Waals surface area contributed by atoms with Gasteiger partial charge in [0, 0.05) is 18.3 Å². The molecule has 1 aliphatic rings. The van der Waals surface area contributed by atoms with Gasteiger partial charge < -0.3 is 11.1 Å². The maximum Gasteiger partial charge on any atom is 0.416 e. The van der Waals surface area contributed by atoms with Crippen molar-refractivity contribution in [2.45, 2.75) is 25.1 Å². The summed E-state index contributed by atoms with van der Waals surface area (Å²) < 4.78 is 37.0. The van der Waals surface area contributed by atoms with Gasteiger partial charge in [0.1, 0.15) is 0 Å². The number of hydrogen-bond donors (Lipinski definition) is 2. The van der Waals surface area contributed by atoms with E-state index in [4.69, 9.17) is 5.73 Å². The first-order chi connectivity index (χ1) is 8.00. The summed E-state index contributed by atoms with van der Waals surface area (Å²) in [4.78, 5) is 0. The molecule has 0 saturated heterocycles. The van der Waals surface area contributed by atoms with E-state index < -0.39 is 11.7 Å². The van der Waals surface area contributed by atoms with Crippen molar-refractivity contribution in [3.63, 3.8) is 0 Å². The molecule has 1 atom stereocenters. The lowest BCUT2D eigenvalue weighted by atomic mass is 10.1. The Hall–Kier alpha value is -1.23. The molecule has 17 heavy (non-hydrogen) atoms. The second-order valence-corrected chi connectivity index (χ2v) is 4.40. The standard InChI is InChI=1S/C12H15F3N2/c13-12(14,15)9-3-5-10(6-4-9)17-11(7-16)8-1-2-8/h3-6,8,11,17H,1-2,7,16H2. The van der Waals surface area contributed by atoms with Gasteiger partial charge in [-0.05, 0) is 43.0 Å². The van der Waals surface area contributed by atoms with Crippen molar-refractivity contribution in [3.05, 3.63) is 29.8 Å². The minimum atomic E-state index is -4.28. The van der Waals surface area contributed by atoms with Gasteiger partial charge in [0.2, 0.25) is 0 Å². The van der Waals surface area contributed by atoms with Crippen LogP contribution >= 0.6 is 0 Å². The zero-order chi connectivity index (χ0) is 12.5. The molecule has 0 aliphatic heterocycles. The number of nitrogens with one attached hydrogen (secondary N) is 1. The summed E-state index contributed by atoms with van der Waals surface area (Å²) >= 11 is 0. The molecule has 1 aromatic rings. The largest absolute Gasteiger partial charge is 0.416 e. The highest BCUT2D eigenvalue weighted by Gasteiger charge is 2.31. The van der Waals surface area contributed by atoms with E-state index in [0.717, 1.165) is 25.0 Å². The van der Waals surface area contributed by atoms with Crippen LogP contribution in [0, 0.1) is 5.92 Å². The Labute approximate surface area is 98.0 Å². The van der Waals surface area contributed by atoms with Gasteiger partial charge in [0.15, 0.2) is 0 Å². The molecule has 1 aliphatic carbocycles. The summed E-state index contributed by atoms with van der Waals surface area (Å²) in [6.45, 7) is 0.506. The number of alkyl halides is 3. The summed E-state index contributed by atoms with van der Waals surface area (Å²) in [5, 5.41) is 3.18. The fourth-order valence-corrected chi connectivity index (χ4v) is 1.84. The van der Waals surface area contributed by atoms with E-state index in [9.17, 15) is 13.2 Å². The molecule has 0 heterocycles. The van der Waals surface area contributed by atoms with Crippen LogP contribution in [0.25, 0.3) is 0 Å². The SMILES string of the molecule is NCC(Nc1ccc(C(F)(F)F)cc1)C1CC1. The molecule has 2 nitrogen and oxygen atoms in total. The van der Waals surface area contributed by atoms with Crippen LogP contribution in [0.2, 0.25) is 0 Å². The van der Waals surface area contributed by atoms with E-state index in [-0.39, 0.29) is 6.04 Å². The molecular formula is C12H15F3N2. The summed E-state index contributed by atoms with van der Waals surface area (Å²) in [5.74, 6) is 0.572. The highest BCUT2D eigenvalue weighted by atomic mass is 19.4. The Balaban J connectivity index is 2.02. The van der Waals surface area contributed by atoms with Crippen LogP contribution in [0.15, 0.2) is 24.3 Å². The van der Waals surface area contributed by atoms with E-state index in [0.29, 0.717) is 18.2 Å². The van der Waals surface area contributed by atoms with E-state index in [1.165, 1.54) is 12.1 Å². The van der Waals surface area contributed by atoms with E-state index >= 15 is 0 Å². The Kier molecular flexibility index (Phi) is 3.28. The van der Waals surface area contributed by atoms with Gasteiger partial charge in [-0.2, -0.15) is 13.2 Å². The van der Waals surface area contributed by atoms with Gasteiger partial charge in [-0.15, -0.1) is 0 Å². The molecule has 0 aromatic heterocycles. The lowest BCUT2D eigenvalue weighted by Gasteiger charge is -2.17. The van der Waals surface area contributed by atoms with Crippen molar-refractivity contribution in [3.8, 4) is 0 Å². The van der Waals surface area contributed by atoms with Crippen LogP contribution in [-0.4, -0.2) is 12.6 Å². The number of anilines is 1. The van der Waals surface area contributed by atoms with Crippen molar-refractivity contribution in [2.24, 2.45) is 11.7 Å². The highest BCUT2D eigenvalue weighted by Crippen LogP contribution is 2.34. The second-order valence-electron chi connectivity index (χ2n) is 4.40. The van der Waals surface area contributed by atoms with E-state index in [2.05, 4.69) is 5.32 Å². The van der Waals surface area contributed by atoms with Crippen molar-refractivity contribution in [2.75, 3.05) is 11.9 Å². The lowest BCUT2D eigenvalue weighted by Crippen LogP contribution is -2.30. The van der Waals surface area contributed by atoms with Crippen molar-refractivity contribution in [1.82, 2.24) is 0 Å². The number of rotatable bonds is 4. The van der Waals surface area contributed by atoms with Crippen molar-refractivity contribution >= 4 is 5.69 Å². The molecule has 1 fully saturated rings. The van der Waals surface area contributed by atoms with Crippen LogP contribution in [0.4, 0.5) is 18.9 Å². The smallest absolute Gasteiger partial charge is 0.381 e. The zero-order valence-corrected chi connectivity index (χ0v) is 9.30. The monoisotopic (exact) mass is 244 g/mol. The molecule has 0 bridgehead atoms. The fourth-order valence-electron chi connectivity index (χ4n) is 1.84. The first-order valence-electron chi connectivity index (χ1n) is 5.64. The Morgan fingerprint density at radius 3 is 2.24 bits per heavy atom. The van der Waals surface area contributed by atoms with Crippen molar-refractivity contribution < 1.29 is 13.2 Å². The third-order valence-electron chi connectivity index (χ3n) is 3.01. The summed E-state index contributed by atoms with van der Waals surface area (Å²) in [7, 11) is 0. The van der Waals surface area contributed by atoms with Gasteiger partial charge in [-0.3, -0.25) is 0 Å². The number of benzene rings is 1. The first-order valence-corrected chi connectivity index (χ1v) is 5.64. The van der Waals surface area contributed by atoms with Crippen molar-refractivity contribution in [1.29, 1.82) is 0 Å². The molecule has 5 heteroatoms. The van der Waals surface area contributed by atoms with Crippen LogP contribution < -0.4 is 11.1 Å². The molecule has 0 radical (unpaired) electrons. The number of hydrogen-bond acceptors (Lipinski definition) is 2. The predicted octanol–water partition coefficient (Wildman–Crippen LogP) is 2.85. The van der Waals surface area contributed by atoms with E-state index in [1.807, 2.05) is 0 Å². The molecule has 0 amide bonds. The summed E-state index contributed by atoms with van der Waals surface area (Å²) in [5.41, 5.74) is 5.69. The third kappa shape index (κ3) is 3.12. The van der Waals surface area contributed by atoms with Crippen LogP contribution in [0.3, 0.4) is 0 Å². The maximum atomic E-state index is 12.3. The fraction of sp³-hybridized carbons (Fsp3) is 0.500. The zero-order valence-electron chi connectivity index (χ0n) is 9.30. The average Bonchev–Trinajstić information content (AvgIpc) is 3.09. The molecule has 94 valence electrons. The highest BCUT2D eigenvalue weighted by molar-refractivity contribution is 5.46. The number of halogens is 3. The predicted molar refractivity (Wildman–Crippen MR) is 60.6 cm³/mol. The summed E-state index contributed by atoms with van der Waals surface area (Å²) in [6, 6.07) is 5.25. The molecular weight excluding hydrogens is 229 g/mol. The Bertz CT molecular complexity index is 368. The first kappa shape index (κ1) is 12.2. The van der Waals surface area contributed by atoms with Crippen LogP contribution in [0.5, 0.6) is 0 Å². The lowest BCUT2D eigenvalue weighted by molar-refractivity contribution is -0.137. The van der Waals surface area contributed by atoms with Gasteiger partial charge >= 0.3 is 6.18 Å². The minimum absolute atomic E-state index is 0.173. The van der Waals surface area contributed by atoms with Crippen LogP contribution in [0.1, 0.15) is 18.4 Å². The third-order valence-corrected chi connectivity index (χ3v) is 3.01. The Morgan fingerprint density at radius 2 is 1.82 bits per heavy atom. The number of nitrogens with two attached hydrogens (primary N) is 1. The molecule has 1 unspecified atom stereocenters. The maximum absolute atomic E-state index is 12.3. The molecule has 3 N–H and O–H groups in total.